The third-order valence-corrected chi connectivity index (χ3v) is 2.41. The minimum Gasteiger partial charge on any atom is -0.375 e. The molecule has 0 spiro atoms. The molecule has 0 aliphatic carbocycles. The van der Waals surface area contributed by atoms with Crippen LogP contribution < -0.4 is 5.32 Å². The molecular weight excluding hydrogens is 244 g/mol. The van der Waals surface area contributed by atoms with Crippen LogP contribution in [0.4, 0.5) is 5.69 Å². The summed E-state index contributed by atoms with van der Waals surface area (Å²) in [4.78, 5) is 10.3. The smallest absolute Gasteiger partial charge is 0.276 e. The molecule has 1 aromatic carbocycles. The maximum Gasteiger partial charge on any atom is 0.276 e. The van der Waals surface area contributed by atoms with Crippen LogP contribution in [0.5, 0.6) is 0 Å². The van der Waals surface area contributed by atoms with Gasteiger partial charge in [-0.3, -0.25) is 10.1 Å². The molecule has 0 saturated heterocycles. The monoisotopic (exact) mass is 258 g/mol. The van der Waals surface area contributed by atoms with E-state index in [1.165, 1.54) is 6.07 Å². The predicted octanol–water partition coefficient (Wildman–Crippen LogP) is 2.37. The van der Waals surface area contributed by atoms with Crippen LogP contribution in [-0.2, 0) is 11.3 Å². The second-order valence-corrected chi connectivity index (χ2v) is 3.87. The van der Waals surface area contributed by atoms with E-state index in [0.717, 1.165) is 13.1 Å². The lowest BCUT2D eigenvalue weighted by Gasteiger charge is -2.05. The molecule has 0 aromatic heterocycles. The molecule has 0 unspecified atom stereocenters. The highest BCUT2D eigenvalue weighted by Crippen LogP contribution is 2.23. The highest BCUT2D eigenvalue weighted by molar-refractivity contribution is 6.30. The number of nitrogens with zero attached hydrogens (tertiary/aromatic N) is 1. The summed E-state index contributed by atoms with van der Waals surface area (Å²) in [7, 11) is 0. The van der Waals surface area contributed by atoms with Crippen LogP contribution in [0.1, 0.15) is 12.5 Å². The zero-order chi connectivity index (χ0) is 12.7. The molecule has 0 aliphatic rings. The quantitative estimate of drug-likeness (QED) is 0.463. The molecule has 0 atom stereocenters. The first-order chi connectivity index (χ1) is 8.15. The Kier molecular flexibility index (Phi) is 5.90. The lowest BCUT2D eigenvalue weighted by Crippen LogP contribution is -2.18. The fourth-order valence-corrected chi connectivity index (χ4v) is 1.50. The Morgan fingerprint density at radius 1 is 1.53 bits per heavy atom. The van der Waals surface area contributed by atoms with Crippen molar-refractivity contribution in [2.45, 2.75) is 13.5 Å². The molecule has 0 radical (unpaired) electrons. The summed E-state index contributed by atoms with van der Waals surface area (Å²) in [6.07, 6.45) is 0. The van der Waals surface area contributed by atoms with Gasteiger partial charge in [0, 0.05) is 17.6 Å². The summed E-state index contributed by atoms with van der Waals surface area (Å²) >= 11 is 5.71. The summed E-state index contributed by atoms with van der Waals surface area (Å²) in [5, 5.41) is 14.2. The molecular formula is C11H15ClN2O3. The highest BCUT2D eigenvalue weighted by Gasteiger charge is 2.13. The molecule has 1 N–H and O–H groups in total. The number of hydrogen-bond donors (Lipinski definition) is 1. The van der Waals surface area contributed by atoms with Crippen LogP contribution in [0.15, 0.2) is 18.2 Å². The number of nitro benzene ring substituents is 1. The molecule has 0 bridgehead atoms. The summed E-state index contributed by atoms with van der Waals surface area (Å²) in [5.74, 6) is 0. The van der Waals surface area contributed by atoms with Crippen LogP contribution in [0, 0.1) is 10.1 Å². The molecule has 0 saturated carbocycles. The van der Waals surface area contributed by atoms with Gasteiger partial charge >= 0.3 is 0 Å². The summed E-state index contributed by atoms with van der Waals surface area (Å²) < 4.78 is 5.34. The van der Waals surface area contributed by atoms with E-state index in [-0.39, 0.29) is 12.3 Å². The van der Waals surface area contributed by atoms with Crippen LogP contribution in [0.3, 0.4) is 0 Å². The van der Waals surface area contributed by atoms with Gasteiger partial charge in [-0.2, -0.15) is 0 Å². The third kappa shape index (κ3) is 4.68. The van der Waals surface area contributed by atoms with Crippen molar-refractivity contribution in [1.29, 1.82) is 0 Å². The van der Waals surface area contributed by atoms with Crippen molar-refractivity contribution in [2.75, 3.05) is 19.7 Å². The van der Waals surface area contributed by atoms with Crippen LogP contribution >= 0.6 is 11.6 Å². The topological polar surface area (TPSA) is 64.4 Å². The van der Waals surface area contributed by atoms with E-state index in [1.54, 1.807) is 12.1 Å². The Bertz CT molecular complexity index is 385. The first-order valence-corrected chi connectivity index (χ1v) is 5.74. The minimum atomic E-state index is -0.450. The van der Waals surface area contributed by atoms with Gasteiger partial charge in [0.05, 0.1) is 23.7 Å². The Balaban J connectivity index is 2.55. The van der Waals surface area contributed by atoms with Crippen LogP contribution in [0.25, 0.3) is 0 Å². The summed E-state index contributed by atoms with van der Waals surface area (Å²) in [6, 6.07) is 4.58. The fourth-order valence-electron chi connectivity index (χ4n) is 1.33. The van der Waals surface area contributed by atoms with E-state index in [0.29, 0.717) is 17.2 Å². The number of likely N-dealkylation sites (N-methyl/N-ethyl adjacent to an activating group) is 1. The largest absolute Gasteiger partial charge is 0.375 e. The number of hydrogen-bond acceptors (Lipinski definition) is 4. The molecule has 0 amide bonds. The Hall–Kier alpha value is -1.17. The molecule has 0 heterocycles. The van der Waals surface area contributed by atoms with Gasteiger partial charge in [-0.15, -0.1) is 0 Å². The maximum atomic E-state index is 10.8. The number of ether oxygens (including phenoxy) is 1. The highest BCUT2D eigenvalue weighted by atomic mass is 35.5. The molecule has 0 aliphatic heterocycles. The average molecular weight is 259 g/mol. The van der Waals surface area contributed by atoms with Crippen molar-refractivity contribution >= 4 is 17.3 Å². The Labute approximate surface area is 105 Å². The SMILES string of the molecule is CCNCCOCc1ccc(Cl)cc1[N+](=O)[O-]. The molecule has 0 fully saturated rings. The van der Waals surface area contributed by atoms with E-state index >= 15 is 0 Å². The van der Waals surface area contributed by atoms with Gasteiger partial charge in [-0.1, -0.05) is 18.5 Å². The molecule has 1 rings (SSSR count). The summed E-state index contributed by atoms with van der Waals surface area (Å²) in [5.41, 5.74) is 0.539. The van der Waals surface area contributed by atoms with E-state index in [4.69, 9.17) is 16.3 Å². The number of nitro groups is 1. The summed E-state index contributed by atoms with van der Waals surface area (Å²) in [6.45, 7) is 4.36. The van der Waals surface area contributed by atoms with E-state index in [1.807, 2.05) is 6.92 Å². The third-order valence-electron chi connectivity index (χ3n) is 2.17. The van der Waals surface area contributed by atoms with Crippen molar-refractivity contribution in [3.8, 4) is 0 Å². The molecule has 1 aromatic rings. The van der Waals surface area contributed by atoms with Gasteiger partial charge in [0.15, 0.2) is 0 Å². The number of nitrogens with one attached hydrogen (secondary N) is 1. The standard InChI is InChI=1S/C11H15ClN2O3/c1-2-13-5-6-17-8-9-3-4-10(12)7-11(9)14(15)16/h3-4,7,13H,2,5-6,8H2,1H3. The van der Waals surface area contributed by atoms with Gasteiger partial charge in [0.2, 0.25) is 0 Å². The maximum absolute atomic E-state index is 10.8. The van der Waals surface area contributed by atoms with E-state index < -0.39 is 4.92 Å². The van der Waals surface area contributed by atoms with Gasteiger partial charge in [-0.25, -0.2) is 0 Å². The lowest BCUT2D eigenvalue weighted by molar-refractivity contribution is -0.385. The lowest BCUT2D eigenvalue weighted by atomic mass is 10.2. The zero-order valence-corrected chi connectivity index (χ0v) is 10.4. The van der Waals surface area contributed by atoms with Gasteiger partial charge in [0.25, 0.3) is 5.69 Å². The first kappa shape index (κ1) is 13.9. The zero-order valence-electron chi connectivity index (χ0n) is 9.61. The number of rotatable bonds is 7. The Morgan fingerprint density at radius 3 is 2.94 bits per heavy atom. The first-order valence-electron chi connectivity index (χ1n) is 5.36. The molecule has 5 nitrogen and oxygen atoms in total. The van der Waals surface area contributed by atoms with Crippen molar-refractivity contribution in [3.63, 3.8) is 0 Å². The predicted molar refractivity (Wildman–Crippen MR) is 66.3 cm³/mol. The van der Waals surface area contributed by atoms with Crippen LogP contribution in [0.2, 0.25) is 5.02 Å². The van der Waals surface area contributed by atoms with Gasteiger partial charge < -0.3 is 10.1 Å². The molecule has 17 heavy (non-hydrogen) atoms. The molecule has 6 heteroatoms. The minimum absolute atomic E-state index is 0.000880. The van der Waals surface area contributed by atoms with Crippen molar-refractivity contribution in [1.82, 2.24) is 5.32 Å². The average Bonchev–Trinajstić information content (AvgIpc) is 2.30. The fraction of sp³-hybridized carbons (Fsp3) is 0.455. The van der Waals surface area contributed by atoms with Gasteiger partial charge in [-0.05, 0) is 18.7 Å². The number of benzene rings is 1. The second-order valence-electron chi connectivity index (χ2n) is 3.44. The van der Waals surface area contributed by atoms with E-state index in [2.05, 4.69) is 5.32 Å². The van der Waals surface area contributed by atoms with Crippen LogP contribution in [-0.4, -0.2) is 24.6 Å². The normalized spacial score (nSPS) is 10.5. The van der Waals surface area contributed by atoms with Gasteiger partial charge in [0.1, 0.15) is 0 Å². The molecule has 94 valence electrons. The van der Waals surface area contributed by atoms with Crippen molar-refractivity contribution < 1.29 is 9.66 Å². The second kappa shape index (κ2) is 7.21. The number of halogens is 1. The van der Waals surface area contributed by atoms with E-state index in [9.17, 15) is 10.1 Å². The van der Waals surface area contributed by atoms with Crippen molar-refractivity contribution in [2.24, 2.45) is 0 Å². The van der Waals surface area contributed by atoms with Crippen molar-refractivity contribution in [3.05, 3.63) is 38.9 Å². The Morgan fingerprint density at radius 2 is 2.29 bits per heavy atom.